The van der Waals surface area contributed by atoms with E-state index in [1.54, 1.807) is 6.07 Å². The number of carbonyl (C=O) groups excluding carboxylic acids is 1. The van der Waals surface area contributed by atoms with E-state index in [0.29, 0.717) is 10.6 Å². The van der Waals surface area contributed by atoms with Crippen LogP contribution in [0.3, 0.4) is 0 Å². The van der Waals surface area contributed by atoms with Gasteiger partial charge in [-0.25, -0.2) is 9.50 Å². The fourth-order valence-corrected chi connectivity index (χ4v) is 5.21. The van der Waals surface area contributed by atoms with Crippen molar-refractivity contribution in [2.45, 2.75) is 51.6 Å². The summed E-state index contributed by atoms with van der Waals surface area (Å²) in [6, 6.07) is 7.63. The van der Waals surface area contributed by atoms with Gasteiger partial charge in [0.25, 0.3) is 5.91 Å². The topological polar surface area (TPSA) is 79.8 Å². The molecule has 0 spiro atoms. The van der Waals surface area contributed by atoms with Gasteiger partial charge in [0, 0.05) is 54.1 Å². The number of hydrogen-bond acceptors (Lipinski definition) is 5. The number of carbonyl (C=O) groups is 1. The zero-order valence-electron chi connectivity index (χ0n) is 18.6. The van der Waals surface area contributed by atoms with Gasteiger partial charge in [-0.1, -0.05) is 11.6 Å². The highest BCUT2D eigenvalue weighted by atomic mass is 35.5. The Morgan fingerprint density at radius 2 is 1.97 bits per heavy atom. The maximum atomic E-state index is 13.5. The van der Waals surface area contributed by atoms with Crippen LogP contribution in [0.4, 0.5) is 5.82 Å². The molecule has 4 heterocycles. The van der Waals surface area contributed by atoms with Gasteiger partial charge < -0.3 is 15.5 Å². The Hall–Kier alpha value is -2.64. The number of benzene rings is 1. The van der Waals surface area contributed by atoms with Crippen molar-refractivity contribution >= 4 is 29.0 Å². The summed E-state index contributed by atoms with van der Waals surface area (Å²) < 4.78 is 1.84. The van der Waals surface area contributed by atoms with Gasteiger partial charge in [0.05, 0.1) is 11.7 Å². The van der Waals surface area contributed by atoms with Crippen molar-refractivity contribution in [3.8, 4) is 0 Å². The number of nitrogens with zero attached hydrogens (tertiary/aromatic N) is 5. The Balaban J connectivity index is 1.47. The van der Waals surface area contributed by atoms with Crippen molar-refractivity contribution < 1.29 is 4.79 Å². The molecule has 2 aliphatic heterocycles. The van der Waals surface area contributed by atoms with Crippen LogP contribution in [0.25, 0.3) is 5.65 Å². The average Bonchev–Trinajstić information content (AvgIpc) is 3.38. The molecule has 2 aromatic heterocycles. The van der Waals surface area contributed by atoms with Crippen LogP contribution in [0, 0.1) is 13.8 Å². The van der Waals surface area contributed by atoms with Gasteiger partial charge in [0.2, 0.25) is 0 Å². The Bertz CT molecular complexity index is 1170. The fourth-order valence-electron chi connectivity index (χ4n) is 4.99. The van der Waals surface area contributed by atoms with Gasteiger partial charge in [0.1, 0.15) is 5.82 Å². The van der Waals surface area contributed by atoms with Gasteiger partial charge in [-0.15, -0.1) is 0 Å². The number of fused-ring (bicyclic) bond motifs is 1. The molecule has 2 N–H and O–H groups in total. The van der Waals surface area contributed by atoms with E-state index in [1.807, 2.05) is 40.7 Å². The Morgan fingerprint density at radius 1 is 1.12 bits per heavy atom. The van der Waals surface area contributed by atoms with E-state index in [1.165, 1.54) is 0 Å². The first-order valence-electron chi connectivity index (χ1n) is 11.4. The molecule has 2 aliphatic rings. The van der Waals surface area contributed by atoms with E-state index in [-0.39, 0.29) is 18.0 Å². The highest BCUT2D eigenvalue weighted by Gasteiger charge is 2.31. The number of hydrogen-bond donors (Lipinski definition) is 1. The molecule has 0 unspecified atom stereocenters. The summed E-state index contributed by atoms with van der Waals surface area (Å²) in [5.41, 5.74) is 10.5. The summed E-state index contributed by atoms with van der Waals surface area (Å²) in [7, 11) is 0. The summed E-state index contributed by atoms with van der Waals surface area (Å²) in [5.74, 6) is 1.02. The van der Waals surface area contributed by atoms with Gasteiger partial charge in [-0.3, -0.25) is 4.79 Å². The lowest BCUT2D eigenvalue weighted by molar-refractivity contribution is 0.0605. The molecule has 0 saturated carbocycles. The summed E-state index contributed by atoms with van der Waals surface area (Å²) in [6.07, 6.45) is 5.99. The molecule has 2 atom stereocenters. The number of anilines is 1. The Morgan fingerprint density at radius 3 is 2.72 bits per heavy atom. The summed E-state index contributed by atoms with van der Waals surface area (Å²) in [5, 5.41) is 5.48. The highest BCUT2D eigenvalue weighted by molar-refractivity contribution is 6.30. The van der Waals surface area contributed by atoms with Gasteiger partial charge >= 0.3 is 0 Å². The number of likely N-dealkylation sites (tertiary alicyclic amines) is 1. The van der Waals surface area contributed by atoms with Crippen LogP contribution in [0.2, 0.25) is 5.02 Å². The van der Waals surface area contributed by atoms with Crippen LogP contribution in [-0.4, -0.2) is 51.1 Å². The standard InChI is InChI=1S/C24H29ClN6O/c1-15-11-17(25)6-7-19(15)24(32)30-9-4-3-5-21(30)20-12-22-27-23(16(2)13-31(22)28-20)29-10-8-18(26)14-29/h6-7,11-13,18,21H,3-5,8-10,14,26H2,1-2H3/t18-,21-/m0/s1. The quantitative estimate of drug-likeness (QED) is 0.651. The number of nitrogens with two attached hydrogens (primary N) is 1. The first kappa shape index (κ1) is 21.2. The molecule has 32 heavy (non-hydrogen) atoms. The van der Waals surface area contributed by atoms with Gasteiger partial charge in [-0.2, -0.15) is 5.10 Å². The number of aryl methyl sites for hydroxylation is 2. The molecule has 5 rings (SSSR count). The van der Waals surface area contributed by atoms with E-state index >= 15 is 0 Å². The van der Waals surface area contributed by atoms with Crippen molar-refractivity contribution in [1.29, 1.82) is 0 Å². The number of aromatic nitrogens is 3. The second-order valence-corrected chi connectivity index (χ2v) is 9.52. The van der Waals surface area contributed by atoms with Crippen LogP contribution in [-0.2, 0) is 0 Å². The molecule has 0 radical (unpaired) electrons. The summed E-state index contributed by atoms with van der Waals surface area (Å²) in [6.45, 7) is 6.48. The molecule has 3 aromatic rings. The predicted octanol–water partition coefficient (Wildman–Crippen LogP) is 3.90. The summed E-state index contributed by atoms with van der Waals surface area (Å²) in [4.78, 5) is 22.6. The lowest BCUT2D eigenvalue weighted by Gasteiger charge is -2.35. The molecule has 7 nitrogen and oxygen atoms in total. The fraction of sp³-hybridized carbons (Fsp3) is 0.458. The molecule has 1 aromatic carbocycles. The third-order valence-corrected chi connectivity index (χ3v) is 6.91. The minimum Gasteiger partial charge on any atom is -0.355 e. The van der Waals surface area contributed by atoms with Crippen LogP contribution in [0.15, 0.2) is 30.5 Å². The molecule has 0 aliphatic carbocycles. The van der Waals surface area contributed by atoms with Crippen molar-refractivity contribution in [3.05, 3.63) is 57.9 Å². The first-order valence-corrected chi connectivity index (χ1v) is 11.7. The number of amides is 1. The monoisotopic (exact) mass is 452 g/mol. The maximum Gasteiger partial charge on any atom is 0.254 e. The highest BCUT2D eigenvalue weighted by Crippen LogP contribution is 2.33. The third kappa shape index (κ3) is 3.84. The zero-order valence-corrected chi connectivity index (χ0v) is 19.3. The van der Waals surface area contributed by atoms with Crippen LogP contribution in [0.1, 0.15) is 58.9 Å². The van der Waals surface area contributed by atoms with E-state index in [9.17, 15) is 4.79 Å². The normalized spacial score (nSPS) is 21.5. The molecular formula is C24H29ClN6O. The van der Waals surface area contributed by atoms with Crippen LogP contribution >= 0.6 is 11.6 Å². The molecule has 0 bridgehead atoms. The van der Waals surface area contributed by atoms with E-state index < -0.39 is 0 Å². The van der Waals surface area contributed by atoms with Crippen molar-refractivity contribution in [1.82, 2.24) is 19.5 Å². The second kappa shape index (κ2) is 8.37. The molecule has 168 valence electrons. The van der Waals surface area contributed by atoms with Crippen LogP contribution < -0.4 is 10.6 Å². The maximum absolute atomic E-state index is 13.5. The minimum absolute atomic E-state index is 0.0387. The van der Waals surface area contributed by atoms with E-state index in [0.717, 1.165) is 73.6 Å². The SMILES string of the molecule is Cc1cc(Cl)ccc1C(=O)N1CCCC[C@H]1c1cc2nc(N3CC[C@H](N)C3)c(C)cn2n1. The number of piperidine rings is 1. The lowest BCUT2D eigenvalue weighted by Crippen LogP contribution is -2.39. The van der Waals surface area contributed by atoms with Crippen molar-refractivity contribution in [2.75, 3.05) is 24.5 Å². The van der Waals surface area contributed by atoms with Gasteiger partial charge in [0.15, 0.2) is 5.65 Å². The van der Waals surface area contributed by atoms with Crippen molar-refractivity contribution in [2.24, 2.45) is 5.73 Å². The number of halogens is 1. The van der Waals surface area contributed by atoms with Crippen LogP contribution in [0.5, 0.6) is 0 Å². The molecule has 2 saturated heterocycles. The molecule has 8 heteroatoms. The Labute approximate surface area is 193 Å². The lowest BCUT2D eigenvalue weighted by atomic mass is 9.97. The Kier molecular flexibility index (Phi) is 5.55. The zero-order chi connectivity index (χ0) is 22.4. The smallest absolute Gasteiger partial charge is 0.254 e. The second-order valence-electron chi connectivity index (χ2n) is 9.08. The molecular weight excluding hydrogens is 424 g/mol. The summed E-state index contributed by atoms with van der Waals surface area (Å²) >= 11 is 6.10. The third-order valence-electron chi connectivity index (χ3n) is 6.67. The van der Waals surface area contributed by atoms with Crippen molar-refractivity contribution in [3.63, 3.8) is 0 Å². The van der Waals surface area contributed by atoms with Gasteiger partial charge in [-0.05, 0) is 63.3 Å². The van der Waals surface area contributed by atoms with E-state index in [4.69, 9.17) is 27.4 Å². The molecule has 2 fully saturated rings. The largest absolute Gasteiger partial charge is 0.355 e. The van der Waals surface area contributed by atoms with E-state index in [2.05, 4.69) is 11.8 Å². The minimum atomic E-state index is -0.0583. The molecule has 1 amide bonds. The average molecular weight is 453 g/mol. The predicted molar refractivity (Wildman–Crippen MR) is 126 cm³/mol. The number of rotatable bonds is 3. The first-order chi connectivity index (χ1) is 15.4.